The molecule has 8 nitrogen and oxygen atoms in total. The molecule has 0 fully saturated rings. The third kappa shape index (κ3) is 3.02. The van der Waals surface area contributed by atoms with Gasteiger partial charge in [0.15, 0.2) is 11.5 Å². The van der Waals surface area contributed by atoms with Gasteiger partial charge >= 0.3 is 6.03 Å². The molecule has 2 N–H and O–H groups in total. The molecule has 2 aromatic rings. The lowest BCUT2D eigenvalue weighted by Crippen LogP contribution is -2.45. The molecule has 0 radical (unpaired) electrons. The van der Waals surface area contributed by atoms with Gasteiger partial charge in [0.2, 0.25) is 0 Å². The molecule has 0 aliphatic carbocycles. The van der Waals surface area contributed by atoms with Gasteiger partial charge in [0.1, 0.15) is 5.75 Å². The molecular formula is C21H21N3O5. The number of carbonyl (C=O) groups is 2. The van der Waals surface area contributed by atoms with Crippen molar-refractivity contribution in [2.75, 3.05) is 32.7 Å². The van der Waals surface area contributed by atoms with Crippen LogP contribution < -0.4 is 19.7 Å². The highest BCUT2D eigenvalue weighted by Gasteiger charge is 2.43. The summed E-state index contributed by atoms with van der Waals surface area (Å²) in [5.41, 5.74) is 2.51. The number of nitrogens with zero attached hydrogens (tertiary/aromatic N) is 2. The van der Waals surface area contributed by atoms with Crippen LogP contribution in [0.4, 0.5) is 10.5 Å². The van der Waals surface area contributed by atoms with Gasteiger partial charge < -0.3 is 24.8 Å². The minimum absolute atomic E-state index is 0.0117. The maximum atomic E-state index is 13.3. The summed E-state index contributed by atoms with van der Waals surface area (Å²) < 4.78 is 10.4. The summed E-state index contributed by atoms with van der Waals surface area (Å²) in [5, 5.41) is 12.8. The van der Waals surface area contributed by atoms with Crippen LogP contribution in [0.3, 0.4) is 0 Å². The highest BCUT2D eigenvalue weighted by atomic mass is 16.5. The SMILES string of the molecule is COc1ccc(N2CC3=C(C2=O)[C@@H](c2ccc(O)c(OC)c2)NC(=O)N3C)cc1. The quantitative estimate of drug-likeness (QED) is 0.830. The number of ether oxygens (including phenoxy) is 2. The largest absolute Gasteiger partial charge is 0.504 e. The fourth-order valence-electron chi connectivity index (χ4n) is 3.66. The Morgan fingerprint density at radius 1 is 1.07 bits per heavy atom. The molecule has 3 amide bonds. The third-order valence-corrected chi connectivity index (χ3v) is 5.28. The molecule has 4 rings (SSSR count). The van der Waals surface area contributed by atoms with Crippen LogP contribution in [0, 0.1) is 0 Å². The van der Waals surface area contributed by atoms with Crippen LogP contribution in [0.5, 0.6) is 17.2 Å². The van der Waals surface area contributed by atoms with E-state index in [0.29, 0.717) is 28.3 Å². The predicted octanol–water partition coefficient (Wildman–Crippen LogP) is 2.41. The second-order valence-electron chi connectivity index (χ2n) is 6.82. The molecule has 1 atom stereocenters. The second-order valence-corrected chi connectivity index (χ2v) is 6.82. The van der Waals surface area contributed by atoms with Crippen molar-refractivity contribution in [2.45, 2.75) is 6.04 Å². The van der Waals surface area contributed by atoms with E-state index < -0.39 is 6.04 Å². The minimum Gasteiger partial charge on any atom is -0.504 e. The van der Waals surface area contributed by atoms with E-state index in [1.54, 1.807) is 43.3 Å². The fourth-order valence-corrected chi connectivity index (χ4v) is 3.66. The average Bonchev–Trinajstić information content (AvgIpc) is 3.09. The van der Waals surface area contributed by atoms with E-state index in [1.807, 2.05) is 12.1 Å². The van der Waals surface area contributed by atoms with E-state index in [9.17, 15) is 14.7 Å². The molecule has 2 aliphatic rings. The Hall–Kier alpha value is -3.68. The summed E-state index contributed by atoms with van der Waals surface area (Å²) in [6, 6.07) is 11.0. The Bertz CT molecular complexity index is 1020. The number of nitrogens with one attached hydrogen (secondary N) is 1. The summed E-state index contributed by atoms with van der Waals surface area (Å²) >= 11 is 0. The normalized spacial score (nSPS) is 18.7. The number of likely N-dealkylation sites (N-methyl/N-ethyl adjacent to an activating group) is 1. The fraction of sp³-hybridized carbons (Fsp3) is 0.238. The topological polar surface area (TPSA) is 91.3 Å². The van der Waals surface area contributed by atoms with E-state index >= 15 is 0 Å². The number of aromatic hydroxyl groups is 1. The van der Waals surface area contributed by atoms with Crippen LogP contribution in [-0.2, 0) is 4.79 Å². The molecule has 2 heterocycles. The summed E-state index contributed by atoms with van der Waals surface area (Å²) in [7, 11) is 4.67. The van der Waals surface area contributed by atoms with E-state index in [-0.39, 0.29) is 30.0 Å². The van der Waals surface area contributed by atoms with Crippen molar-refractivity contribution < 1.29 is 24.2 Å². The number of amides is 3. The molecule has 0 spiro atoms. The molecule has 0 unspecified atom stereocenters. The Morgan fingerprint density at radius 2 is 1.79 bits per heavy atom. The van der Waals surface area contributed by atoms with Gasteiger partial charge in [0.25, 0.3) is 5.91 Å². The lowest BCUT2D eigenvalue weighted by molar-refractivity contribution is -0.114. The van der Waals surface area contributed by atoms with Crippen molar-refractivity contribution in [3.63, 3.8) is 0 Å². The first-order valence-corrected chi connectivity index (χ1v) is 9.04. The molecule has 29 heavy (non-hydrogen) atoms. The van der Waals surface area contributed by atoms with Crippen molar-refractivity contribution in [3.05, 3.63) is 59.3 Å². The Kier molecular flexibility index (Phi) is 4.54. The number of phenols is 1. The Balaban J connectivity index is 1.74. The van der Waals surface area contributed by atoms with Gasteiger partial charge in [0.05, 0.1) is 38.1 Å². The lowest BCUT2D eigenvalue weighted by atomic mass is 9.95. The third-order valence-electron chi connectivity index (χ3n) is 5.28. The zero-order valence-electron chi connectivity index (χ0n) is 16.3. The van der Waals surface area contributed by atoms with Crippen LogP contribution in [0.25, 0.3) is 0 Å². The first kappa shape index (κ1) is 18.7. The highest BCUT2D eigenvalue weighted by molar-refractivity contribution is 6.11. The predicted molar refractivity (Wildman–Crippen MR) is 106 cm³/mol. The summed E-state index contributed by atoms with van der Waals surface area (Å²) in [4.78, 5) is 29.0. The van der Waals surface area contributed by atoms with Crippen molar-refractivity contribution >= 4 is 17.6 Å². The molecule has 2 aromatic carbocycles. The average molecular weight is 395 g/mol. The van der Waals surface area contributed by atoms with Crippen LogP contribution in [0.15, 0.2) is 53.7 Å². The van der Waals surface area contributed by atoms with Crippen molar-refractivity contribution in [2.24, 2.45) is 0 Å². The first-order valence-electron chi connectivity index (χ1n) is 9.04. The van der Waals surface area contributed by atoms with E-state index in [1.165, 1.54) is 18.1 Å². The maximum Gasteiger partial charge on any atom is 0.322 e. The summed E-state index contributed by atoms with van der Waals surface area (Å²) in [5.74, 6) is 0.771. The van der Waals surface area contributed by atoms with E-state index in [2.05, 4.69) is 5.32 Å². The number of hydrogen-bond acceptors (Lipinski definition) is 5. The number of methoxy groups -OCH3 is 2. The Labute approximate surface area is 167 Å². The number of benzene rings is 2. The van der Waals surface area contributed by atoms with Gasteiger partial charge in [-0.15, -0.1) is 0 Å². The molecule has 0 saturated carbocycles. The molecule has 0 saturated heterocycles. The van der Waals surface area contributed by atoms with E-state index in [4.69, 9.17) is 9.47 Å². The van der Waals surface area contributed by atoms with Gasteiger partial charge in [-0.3, -0.25) is 9.69 Å². The van der Waals surface area contributed by atoms with Crippen molar-refractivity contribution in [1.82, 2.24) is 10.2 Å². The maximum absolute atomic E-state index is 13.3. The number of carbonyl (C=O) groups excluding carboxylic acids is 2. The Morgan fingerprint density at radius 3 is 2.45 bits per heavy atom. The smallest absolute Gasteiger partial charge is 0.322 e. The summed E-state index contributed by atoms with van der Waals surface area (Å²) in [6.07, 6.45) is 0. The lowest BCUT2D eigenvalue weighted by Gasteiger charge is -2.31. The van der Waals surface area contributed by atoms with Crippen molar-refractivity contribution in [1.29, 1.82) is 0 Å². The zero-order chi connectivity index (χ0) is 20.7. The first-order chi connectivity index (χ1) is 13.9. The molecule has 8 heteroatoms. The van der Waals surface area contributed by atoms with Gasteiger partial charge in [-0.25, -0.2) is 4.79 Å². The molecule has 150 valence electrons. The van der Waals surface area contributed by atoms with Gasteiger partial charge in [-0.05, 0) is 42.0 Å². The molecule has 2 aliphatic heterocycles. The molecule has 0 bridgehead atoms. The monoisotopic (exact) mass is 395 g/mol. The van der Waals surface area contributed by atoms with Gasteiger partial charge in [0, 0.05) is 12.7 Å². The number of rotatable bonds is 4. The molecular weight excluding hydrogens is 374 g/mol. The highest BCUT2D eigenvalue weighted by Crippen LogP contribution is 2.39. The van der Waals surface area contributed by atoms with Crippen LogP contribution >= 0.6 is 0 Å². The van der Waals surface area contributed by atoms with Crippen LogP contribution in [-0.4, -0.2) is 49.8 Å². The minimum atomic E-state index is -0.640. The van der Waals surface area contributed by atoms with E-state index in [0.717, 1.165) is 0 Å². The van der Waals surface area contributed by atoms with Gasteiger partial charge in [-0.2, -0.15) is 0 Å². The zero-order valence-corrected chi connectivity index (χ0v) is 16.3. The van der Waals surface area contributed by atoms with Crippen molar-refractivity contribution in [3.8, 4) is 17.2 Å². The molecule has 0 aromatic heterocycles. The van der Waals surface area contributed by atoms with Gasteiger partial charge in [-0.1, -0.05) is 6.07 Å². The second kappa shape index (κ2) is 7.05. The number of urea groups is 1. The number of phenolic OH excluding ortho intramolecular Hbond substituents is 1. The van der Waals surface area contributed by atoms with Crippen LogP contribution in [0.1, 0.15) is 11.6 Å². The number of anilines is 1. The number of hydrogen-bond donors (Lipinski definition) is 2. The summed E-state index contributed by atoms with van der Waals surface area (Å²) in [6.45, 7) is 0.288. The van der Waals surface area contributed by atoms with Crippen LogP contribution in [0.2, 0.25) is 0 Å². The standard InChI is InChI=1S/C21H21N3O5/c1-23-15-11-24(13-5-7-14(28-2)8-6-13)20(26)18(15)19(22-21(23)27)12-4-9-16(25)17(10-12)29-3/h4-10,19,25H,11H2,1-3H3,(H,22,27)/t19-/m1/s1.